The summed E-state index contributed by atoms with van der Waals surface area (Å²) in [4.78, 5) is 40.3. The van der Waals surface area contributed by atoms with Crippen LogP contribution in [-0.2, 0) is 29.1 Å². The molecule has 0 aliphatic rings. The van der Waals surface area contributed by atoms with E-state index in [1.165, 1.54) is 0 Å². The van der Waals surface area contributed by atoms with Gasteiger partial charge in [-0.2, -0.15) is 9.78 Å². The van der Waals surface area contributed by atoms with Gasteiger partial charge in [0.1, 0.15) is 0 Å². The summed E-state index contributed by atoms with van der Waals surface area (Å²) in [5.74, 6) is -0.629. The molecule has 0 unspecified atom stereocenters. The molecule has 0 heterocycles. The first-order valence-corrected chi connectivity index (χ1v) is 7.35. The van der Waals surface area contributed by atoms with Crippen molar-refractivity contribution in [2.45, 2.75) is 65.2 Å². The van der Waals surface area contributed by atoms with Crippen LogP contribution in [0, 0.1) is 0 Å². The third-order valence-electron chi connectivity index (χ3n) is 2.55. The van der Waals surface area contributed by atoms with Gasteiger partial charge in [0.2, 0.25) is 0 Å². The number of unbranched alkanes of at least 4 members (excludes halogenated alkanes) is 5. The quantitative estimate of drug-likeness (QED) is 0.295. The average molecular weight is 290 g/mol. The Morgan fingerprint density at radius 1 is 0.650 bits per heavy atom. The molecule has 0 radical (unpaired) electrons. The van der Waals surface area contributed by atoms with E-state index in [0.29, 0.717) is 26.1 Å². The second kappa shape index (κ2) is 14.3. The number of hydrogen-bond donors (Lipinski definition) is 0. The third-order valence-corrected chi connectivity index (χ3v) is 2.55. The first-order chi connectivity index (χ1) is 9.70. The minimum atomic E-state index is -0.314. The van der Waals surface area contributed by atoms with Crippen LogP contribution < -0.4 is 0 Å². The Bertz CT molecular complexity index is 228. The summed E-state index contributed by atoms with van der Waals surface area (Å²) in [6.07, 6.45) is 6.43. The highest BCUT2D eigenvalue weighted by atomic mass is 17.2. The summed E-state index contributed by atoms with van der Waals surface area (Å²) in [6, 6.07) is 0. The smallest absolute Gasteiger partial charge is 0.298 e. The summed E-state index contributed by atoms with van der Waals surface area (Å²) in [6.45, 7) is 4.27. The van der Waals surface area contributed by atoms with Gasteiger partial charge in [0.25, 0.3) is 0 Å². The maximum absolute atomic E-state index is 11.1. The molecule has 6 heteroatoms. The van der Waals surface area contributed by atoms with Crippen LogP contribution in [0.2, 0.25) is 0 Å². The van der Waals surface area contributed by atoms with Gasteiger partial charge in [0, 0.05) is 12.8 Å². The zero-order valence-electron chi connectivity index (χ0n) is 12.5. The van der Waals surface area contributed by atoms with Crippen molar-refractivity contribution >= 4 is 11.9 Å². The molecule has 20 heavy (non-hydrogen) atoms. The lowest BCUT2D eigenvalue weighted by Crippen LogP contribution is -2.05. The predicted molar refractivity (Wildman–Crippen MR) is 72.4 cm³/mol. The molecule has 0 atom stereocenters. The Hall–Kier alpha value is -1.14. The van der Waals surface area contributed by atoms with Crippen molar-refractivity contribution in [2.75, 3.05) is 13.2 Å². The Morgan fingerprint density at radius 3 is 1.35 bits per heavy atom. The van der Waals surface area contributed by atoms with Crippen LogP contribution in [0.25, 0.3) is 0 Å². The molecule has 0 N–H and O–H groups in total. The fourth-order valence-electron chi connectivity index (χ4n) is 1.58. The lowest BCUT2D eigenvalue weighted by molar-refractivity contribution is -0.269. The van der Waals surface area contributed by atoms with Crippen molar-refractivity contribution in [3.05, 3.63) is 0 Å². The van der Waals surface area contributed by atoms with E-state index in [-0.39, 0.29) is 11.9 Å². The van der Waals surface area contributed by atoms with Gasteiger partial charge in [-0.05, 0) is 26.7 Å². The van der Waals surface area contributed by atoms with Crippen LogP contribution in [0.15, 0.2) is 0 Å². The first-order valence-electron chi connectivity index (χ1n) is 7.35. The number of carbonyl (C=O) groups excluding carboxylic acids is 2. The van der Waals surface area contributed by atoms with E-state index >= 15 is 0 Å². The van der Waals surface area contributed by atoms with Gasteiger partial charge in [-0.25, -0.2) is 9.59 Å². The maximum atomic E-state index is 11.1. The van der Waals surface area contributed by atoms with Crippen LogP contribution >= 0.6 is 0 Å². The molecule has 0 aliphatic heterocycles. The second-order valence-corrected chi connectivity index (χ2v) is 4.35. The van der Waals surface area contributed by atoms with Crippen LogP contribution in [0.5, 0.6) is 0 Å². The van der Waals surface area contributed by atoms with E-state index in [0.717, 1.165) is 38.5 Å². The number of carbonyl (C=O) groups is 2. The molecule has 0 aromatic rings. The van der Waals surface area contributed by atoms with Crippen molar-refractivity contribution in [2.24, 2.45) is 0 Å². The van der Waals surface area contributed by atoms with E-state index in [2.05, 4.69) is 19.6 Å². The molecular weight excluding hydrogens is 264 g/mol. The third kappa shape index (κ3) is 13.3. The average Bonchev–Trinajstić information content (AvgIpc) is 2.45. The molecule has 0 bridgehead atoms. The summed E-state index contributed by atoms with van der Waals surface area (Å²) in [5.41, 5.74) is 0. The lowest BCUT2D eigenvalue weighted by atomic mass is 10.1. The molecule has 0 fully saturated rings. The minimum absolute atomic E-state index is 0.314. The van der Waals surface area contributed by atoms with Crippen molar-refractivity contribution < 1.29 is 29.1 Å². The summed E-state index contributed by atoms with van der Waals surface area (Å²) >= 11 is 0. The van der Waals surface area contributed by atoms with Crippen molar-refractivity contribution in [3.8, 4) is 0 Å². The van der Waals surface area contributed by atoms with E-state index in [1.807, 2.05) is 0 Å². The van der Waals surface area contributed by atoms with Gasteiger partial charge >= 0.3 is 11.9 Å². The topological polar surface area (TPSA) is 71.1 Å². The normalized spacial score (nSPS) is 10.3. The van der Waals surface area contributed by atoms with Crippen molar-refractivity contribution in [1.29, 1.82) is 0 Å². The van der Waals surface area contributed by atoms with Crippen LogP contribution in [-0.4, -0.2) is 25.2 Å². The molecule has 0 aliphatic carbocycles. The fourth-order valence-corrected chi connectivity index (χ4v) is 1.58. The van der Waals surface area contributed by atoms with E-state index in [9.17, 15) is 9.59 Å². The van der Waals surface area contributed by atoms with Gasteiger partial charge in [-0.15, -0.1) is 0 Å². The van der Waals surface area contributed by atoms with E-state index in [4.69, 9.17) is 0 Å². The zero-order valence-corrected chi connectivity index (χ0v) is 12.5. The molecule has 0 aromatic carbocycles. The highest BCUT2D eigenvalue weighted by Crippen LogP contribution is 2.09. The van der Waals surface area contributed by atoms with Gasteiger partial charge in [-0.3, -0.25) is 9.78 Å². The van der Waals surface area contributed by atoms with Crippen LogP contribution in [0.3, 0.4) is 0 Å². The van der Waals surface area contributed by atoms with E-state index in [1.54, 1.807) is 13.8 Å². The molecule has 0 rings (SSSR count). The second-order valence-electron chi connectivity index (χ2n) is 4.35. The Labute approximate surface area is 120 Å². The Balaban J connectivity index is 3.20. The molecule has 0 amide bonds. The molecule has 0 saturated heterocycles. The summed E-state index contributed by atoms with van der Waals surface area (Å²) in [7, 11) is 0. The molecule has 6 nitrogen and oxygen atoms in total. The largest absolute Gasteiger partial charge is 0.342 e. The molecule has 0 saturated carbocycles. The van der Waals surface area contributed by atoms with Crippen LogP contribution in [0.1, 0.15) is 65.2 Å². The molecule has 118 valence electrons. The van der Waals surface area contributed by atoms with Gasteiger partial charge in [-0.1, -0.05) is 25.7 Å². The monoisotopic (exact) mass is 290 g/mol. The predicted octanol–water partition coefficient (Wildman–Crippen LogP) is 3.10. The minimum Gasteiger partial charge on any atom is -0.298 e. The van der Waals surface area contributed by atoms with Crippen LogP contribution in [0.4, 0.5) is 0 Å². The first kappa shape index (κ1) is 18.9. The summed E-state index contributed by atoms with van der Waals surface area (Å²) in [5, 5.41) is 0. The van der Waals surface area contributed by atoms with Gasteiger partial charge < -0.3 is 0 Å². The SMILES string of the molecule is CCOOC(=O)CCCCCCCCC(=O)OOCC. The molecule has 0 spiro atoms. The zero-order chi connectivity index (χ0) is 15.1. The van der Waals surface area contributed by atoms with E-state index < -0.39 is 0 Å². The molecule has 0 aromatic heterocycles. The fraction of sp³-hybridized carbons (Fsp3) is 0.857. The van der Waals surface area contributed by atoms with Crippen molar-refractivity contribution in [3.63, 3.8) is 0 Å². The Morgan fingerprint density at radius 2 is 1.00 bits per heavy atom. The Kier molecular flexibility index (Phi) is 13.5. The van der Waals surface area contributed by atoms with Gasteiger partial charge in [0.05, 0.1) is 13.2 Å². The lowest BCUT2D eigenvalue weighted by Gasteiger charge is -2.03. The number of hydrogen-bond acceptors (Lipinski definition) is 6. The summed E-state index contributed by atoms with van der Waals surface area (Å²) < 4.78 is 0. The standard InChI is InChI=1S/C14H26O6/c1-3-17-19-13(15)11-9-7-5-6-8-10-12-14(16)20-18-4-2/h3-12H2,1-2H3. The molecular formula is C14H26O6. The highest BCUT2D eigenvalue weighted by molar-refractivity contribution is 5.68. The maximum Gasteiger partial charge on any atom is 0.342 e. The van der Waals surface area contributed by atoms with Gasteiger partial charge in [0.15, 0.2) is 0 Å². The number of rotatable bonds is 13. The highest BCUT2D eigenvalue weighted by Gasteiger charge is 2.04. The van der Waals surface area contributed by atoms with Crippen molar-refractivity contribution in [1.82, 2.24) is 0 Å².